The van der Waals surface area contributed by atoms with E-state index >= 15 is 0 Å². The van der Waals surface area contributed by atoms with Gasteiger partial charge >= 0.3 is 12.2 Å². The van der Waals surface area contributed by atoms with Crippen molar-refractivity contribution in [3.05, 3.63) is 0 Å². The highest BCUT2D eigenvalue weighted by Crippen LogP contribution is 2.40. The van der Waals surface area contributed by atoms with Gasteiger partial charge in [0.15, 0.2) is 5.75 Å². The molecular formula is C32H56F3N6O7S+. The summed E-state index contributed by atoms with van der Waals surface area (Å²) in [5.74, 6) is -4.24. The Hall–Kier alpha value is -2.79. The van der Waals surface area contributed by atoms with Crippen LogP contribution in [0.3, 0.4) is 0 Å². The predicted molar refractivity (Wildman–Crippen MR) is 179 cm³/mol. The Kier molecular flexibility index (Phi) is 13.5. The van der Waals surface area contributed by atoms with Crippen molar-refractivity contribution < 1.29 is 45.9 Å². The van der Waals surface area contributed by atoms with Crippen molar-refractivity contribution >= 4 is 39.9 Å². The molecule has 0 bridgehead atoms. The Morgan fingerprint density at radius 1 is 0.898 bits per heavy atom. The number of halogens is 3. The molecule has 0 aromatic rings. The Labute approximate surface area is 289 Å². The van der Waals surface area contributed by atoms with Gasteiger partial charge in [-0.2, -0.15) is 17.7 Å². The van der Waals surface area contributed by atoms with E-state index in [0.717, 1.165) is 7.05 Å². The number of amides is 5. The maximum atomic E-state index is 14.3. The number of rotatable bonds is 11. The van der Waals surface area contributed by atoms with E-state index in [1.165, 1.54) is 9.21 Å². The van der Waals surface area contributed by atoms with E-state index in [0.29, 0.717) is 19.4 Å². The molecule has 5 amide bonds. The topological polar surface area (TPSA) is 177 Å². The fraction of sp³-hybridized carbons (Fsp3) is 0.844. The molecule has 5 N–H and O–H groups in total. The van der Waals surface area contributed by atoms with Gasteiger partial charge in [0.1, 0.15) is 12.1 Å². The lowest BCUT2D eigenvalue weighted by Crippen LogP contribution is -2.62. The molecule has 282 valence electrons. The summed E-state index contributed by atoms with van der Waals surface area (Å²) in [7, 11) is -2.05. The normalized spacial score (nSPS) is 24.2. The van der Waals surface area contributed by atoms with Gasteiger partial charge in [-0.1, -0.05) is 66.6 Å². The molecule has 13 nitrogen and oxygen atoms in total. The molecule has 2 aliphatic rings. The molecule has 2 fully saturated rings. The number of likely N-dealkylation sites (N-methyl/N-ethyl adjacent to an activating group) is 1. The van der Waals surface area contributed by atoms with Crippen molar-refractivity contribution in [1.29, 1.82) is 0 Å². The molecule has 2 heterocycles. The zero-order valence-electron chi connectivity index (χ0n) is 30.4. The fourth-order valence-corrected chi connectivity index (χ4v) is 7.74. The number of likely N-dealkylation sites (tertiary alicyclic amines) is 1. The molecule has 2 saturated heterocycles. The largest absolute Gasteiger partial charge is 0.389 e. The van der Waals surface area contributed by atoms with Crippen molar-refractivity contribution in [2.75, 3.05) is 32.4 Å². The standard InChI is InChI=1S/C32H55F3N6O7S/c1-29(2,3)19-13-16-41(22(19)25(43)37-20(12-14-32(33,34)35)23(42)26(44)36-10)27(45)24(31(7,8)9)39-28(46)38-21(30(4,5)6)18-40-15-11-17-49(40,47)48/h19-22,24H,11-18H2,1-10H3,(H4-,36,37,38,39,43,44,46,47,48)/p+1/t19-,20?,21+,22-,24+/m0/s1. The number of carbonyl (C=O) groups is 5. The molecule has 2 rings (SSSR count). The van der Waals surface area contributed by atoms with Crippen molar-refractivity contribution in [2.24, 2.45) is 22.2 Å². The van der Waals surface area contributed by atoms with E-state index in [-0.39, 0.29) is 18.8 Å². The number of hydrogen-bond acceptors (Lipinski definition) is 6. The predicted octanol–water partition coefficient (Wildman–Crippen LogP) is 3.11. The van der Waals surface area contributed by atoms with E-state index in [1.807, 2.05) is 41.5 Å². The lowest BCUT2D eigenvalue weighted by atomic mass is 9.75. The van der Waals surface area contributed by atoms with Crippen LogP contribution >= 0.6 is 0 Å². The van der Waals surface area contributed by atoms with Gasteiger partial charge in [-0.3, -0.25) is 19.2 Å². The number of nitrogens with zero attached hydrogens (tertiary/aromatic N) is 2. The number of urea groups is 1. The summed E-state index contributed by atoms with van der Waals surface area (Å²) in [6.07, 6.45) is -6.05. The number of carbonyl (C=O) groups excluding carboxylic acids is 5. The third kappa shape index (κ3) is 11.6. The van der Waals surface area contributed by atoms with Gasteiger partial charge in [0.05, 0.1) is 25.2 Å². The first kappa shape index (κ1) is 42.4. The summed E-state index contributed by atoms with van der Waals surface area (Å²) >= 11 is 0. The van der Waals surface area contributed by atoms with Crippen molar-refractivity contribution in [2.45, 2.75) is 118 Å². The van der Waals surface area contributed by atoms with Crippen molar-refractivity contribution in [3.63, 3.8) is 0 Å². The highest BCUT2D eigenvalue weighted by atomic mass is 32.3. The molecule has 0 spiro atoms. The Morgan fingerprint density at radius 3 is 1.94 bits per heavy atom. The molecule has 49 heavy (non-hydrogen) atoms. The monoisotopic (exact) mass is 725 g/mol. The first-order chi connectivity index (χ1) is 22.1. The fourth-order valence-electron chi connectivity index (χ4n) is 6.18. The van der Waals surface area contributed by atoms with Gasteiger partial charge in [-0.15, -0.1) is 0 Å². The van der Waals surface area contributed by atoms with Crippen LogP contribution in [0.25, 0.3) is 0 Å². The van der Waals surface area contributed by atoms with Gasteiger partial charge in [-0.05, 0) is 39.2 Å². The maximum absolute atomic E-state index is 14.3. The van der Waals surface area contributed by atoms with E-state index in [1.54, 1.807) is 20.8 Å². The van der Waals surface area contributed by atoms with Crippen molar-refractivity contribution in [1.82, 2.24) is 30.5 Å². The minimum absolute atomic E-state index is 0.0930. The number of alkyl halides is 3. The summed E-state index contributed by atoms with van der Waals surface area (Å²) in [4.78, 5) is 67.9. The SMILES string of the molecule is CNC(=O)C(=O)C(CCC(F)(F)F)NC(=O)[C@@H]1[C@@H](C(C)(C)C)CCN1C(=O)[C@@H](NC(=O)N[C@H](CN1CCC[S+]1(=O)O)C(C)(C)C)C(C)(C)C. The number of hydrogen-bond donors (Lipinski definition) is 5. The van der Waals surface area contributed by atoms with Gasteiger partial charge in [-0.25, -0.2) is 4.79 Å². The first-order valence-electron chi connectivity index (χ1n) is 16.6. The second-order valence-corrected chi connectivity index (χ2v) is 18.4. The van der Waals surface area contributed by atoms with Crippen LogP contribution in [0.2, 0.25) is 0 Å². The second kappa shape index (κ2) is 15.6. The highest BCUT2D eigenvalue weighted by Gasteiger charge is 2.51. The Morgan fingerprint density at radius 2 is 1.49 bits per heavy atom. The maximum Gasteiger partial charge on any atom is 0.389 e. The zero-order valence-corrected chi connectivity index (χ0v) is 31.2. The number of ketones is 1. The van der Waals surface area contributed by atoms with Crippen LogP contribution in [-0.4, -0.2) is 106 Å². The molecule has 0 aliphatic carbocycles. The minimum atomic E-state index is -4.65. The van der Waals surface area contributed by atoms with E-state index in [2.05, 4.69) is 21.3 Å². The molecule has 0 saturated carbocycles. The summed E-state index contributed by atoms with van der Waals surface area (Å²) in [5, 5.41) is 10.1. The van der Waals surface area contributed by atoms with Gasteiger partial charge in [0.25, 0.3) is 16.3 Å². The zero-order chi connectivity index (χ0) is 37.9. The molecule has 0 aromatic carbocycles. The van der Waals surface area contributed by atoms with Gasteiger partial charge in [0.2, 0.25) is 17.6 Å². The van der Waals surface area contributed by atoms with Gasteiger partial charge in [0, 0.05) is 26.4 Å². The number of Topliss-reactive ketones (excluding diaryl/α,β-unsaturated/α-hetero) is 1. The van der Waals surface area contributed by atoms with Crippen LogP contribution in [0.1, 0.15) is 88.0 Å². The second-order valence-electron chi connectivity index (χ2n) is 16.3. The van der Waals surface area contributed by atoms with Crippen LogP contribution in [0.4, 0.5) is 18.0 Å². The third-order valence-corrected chi connectivity index (χ3v) is 11.2. The molecule has 2 aliphatic heterocycles. The summed E-state index contributed by atoms with van der Waals surface area (Å²) in [6, 6.07) is -5.47. The van der Waals surface area contributed by atoms with E-state index in [9.17, 15) is 45.9 Å². The molecule has 6 atom stereocenters. The van der Waals surface area contributed by atoms with Crippen LogP contribution in [-0.2, 0) is 33.8 Å². The smallest absolute Gasteiger partial charge is 0.353 e. The lowest BCUT2D eigenvalue weighted by molar-refractivity contribution is -0.148. The van der Waals surface area contributed by atoms with Crippen LogP contribution < -0.4 is 21.3 Å². The van der Waals surface area contributed by atoms with Crippen molar-refractivity contribution in [3.8, 4) is 0 Å². The average Bonchev–Trinajstić information content (AvgIpc) is 3.54. The molecule has 2 unspecified atom stereocenters. The molecule has 0 aromatic heterocycles. The van der Waals surface area contributed by atoms with Crippen LogP contribution in [0.15, 0.2) is 0 Å². The summed E-state index contributed by atoms with van der Waals surface area (Å²) < 4.78 is 63.8. The lowest BCUT2D eigenvalue weighted by Gasteiger charge is -2.39. The summed E-state index contributed by atoms with van der Waals surface area (Å²) in [6.45, 7) is 16.9. The molecular weight excluding hydrogens is 669 g/mol. The highest BCUT2D eigenvalue weighted by molar-refractivity contribution is 7.95. The summed E-state index contributed by atoms with van der Waals surface area (Å²) in [5.41, 5.74) is -1.98. The Bertz CT molecular complexity index is 1290. The van der Waals surface area contributed by atoms with E-state index in [4.69, 9.17) is 0 Å². The van der Waals surface area contributed by atoms with Crippen LogP contribution in [0, 0.1) is 22.2 Å². The quantitative estimate of drug-likeness (QED) is 0.161. The first-order valence-corrected chi connectivity index (χ1v) is 18.2. The Balaban J connectivity index is 2.40. The molecule has 0 radical (unpaired) electrons. The van der Waals surface area contributed by atoms with E-state index < -0.39 is 105 Å². The third-order valence-electron chi connectivity index (χ3n) is 9.21. The van der Waals surface area contributed by atoms with Crippen LogP contribution in [0.5, 0.6) is 0 Å². The van der Waals surface area contributed by atoms with Gasteiger partial charge < -0.3 is 26.2 Å². The minimum Gasteiger partial charge on any atom is -0.353 e. The molecule has 17 heteroatoms. The number of nitrogens with one attached hydrogen (secondary N) is 4. The average molecular weight is 726 g/mol.